The van der Waals surface area contributed by atoms with Gasteiger partial charge in [0, 0.05) is 17.0 Å². The summed E-state index contributed by atoms with van der Waals surface area (Å²) >= 11 is 5.98. The molecule has 1 N–H and O–H groups in total. The Morgan fingerprint density at radius 3 is 2.62 bits per heavy atom. The van der Waals surface area contributed by atoms with Gasteiger partial charge in [0.15, 0.2) is 0 Å². The van der Waals surface area contributed by atoms with E-state index in [2.05, 4.69) is 31.1 Å². The van der Waals surface area contributed by atoms with Gasteiger partial charge in [-0.15, -0.1) is 12.6 Å². The van der Waals surface area contributed by atoms with Gasteiger partial charge >= 0.3 is 0 Å². The average Bonchev–Trinajstić information content (AvgIpc) is 2.27. The first-order chi connectivity index (χ1) is 7.63. The molecular formula is C12H17NOS2. The minimum absolute atomic E-state index is 0.0127. The monoisotopic (exact) mass is 255 g/mol. The van der Waals surface area contributed by atoms with E-state index < -0.39 is 0 Å². The first kappa shape index (κ1) is 13.5. The van der Waals surface area contributed by atoms with E-state index in [4.69, 9.17) is 0 Å². The number of rotatable bonds is 5. The molecule has 4 heteroatoms. The Morgan fingerprint density at radius 2 is 2.06 bits per heavy atom. The predicted octanol–water partition coefficient (Wildman–Crippen LogP) is 2.70. The number of carbonyl (C=O) groups is 1. The number of carbonyl (C=O) groups excluding carboxylic acids is 1. The number of hydrogen-bond donors (Lipinski definition) is 2. The van der Waals surface area contributed by atoms with E-state index >= 15 is 0 Å². The summed E-state index contributed by atoms with van der Waals surface area (Å²) < 4.78 is 0. The third-order valence-corrected chi connectivity index (χ3v) is 3.39. The summed E-state index contributed by atoms with van der Waals surface area (Å²) in [5.74, 6) is 1.56. The van der Waals surface area contributed by atoms with E-state index in [0.29, 0.717) is 11.5 Å². The molecule has 0 heterocycles. The highest BCUT2D eigenvalue weighted by molar-refractivity contribution is 7.98. The molecule has 0 spiro atoms. The maximum Gasteiger partial charge on any atom is 0.251 e. The lowest BCUT2D eigenvalue weighted by atomic mass is 10.2. The molecule has 1 amide bonds. The zero-order chi connectivity index (χ0) is 12.0. The molecule has 0 aliphatic heterocycles. The van der Waals surface area contributed by atoms with Crippen LogP contribution in [0.15, 0.2) is 29.2 Å². The lowest BCUT2D eigenvalue weighted by Crippen LogP contribution is -2.29. The van der Waals surface area contributed by atoms with E-state index in [1.54, 1.807) is 23.9 Å². The molecule has 0 aliphatic rings. The highest BCUT2D eigenvalue weighted by Gasteiger charge is 2.06. The van der Waals surface area contributed by atoms with Crippen molar-refractivity contribution in [2.75, 3.05) is 18.6 Å². The normalized spacial score (nSPS) is 12.2. The molecule has 0 aromatic heterocycles. The Hall–Kier alpha value is -0.610. The van der Waals surface area contributed by atoms with E-state index in [1.807, 2.05) is 12.1 Å². The van der Waals surface area contributed by atoms with Crippen LogP contribution >= 0.6 is 24.4 Å². The summed E-state index contributed by atoms with van der Waals surface area (Å²) in [6, 6.07) is 7.22. The van der Waals surface area contributed by atoms with Gasteiger partial charge in [0.2, 0.25) is 0 Å². The van der Waals surface area contributed by atoms with Crippen LogP contribution in [-0.2, 0) is 0 Å². The summed E-state index contributed by atoms with van der Waals surface area (Å²) in [6.07, 6.45) is 2.07. The van der Waals surface area contributed by atoms with Gasteiger partial charge in [0.05, 0.1) is 0 Å². The highest BCUT2D eigenvalue weighted by atomic mass is 32.2. The minimum Gasteiger partial charge on any atom is -0.352 e. The first-order valence-electron chi connectivity index (χ1n) is 5.19. The van der Waals surface area contributed by atoms with E-state index in [0.717, 1.165) is 17.2 Å². The number of hydrogen-bond acceptors (Lipinski definition) is 3. The van der Waals surface area contributed by atoms with Gasteiger partial charge in [-0.3, -0.25) is 4.79 Å². The summed E-state index contributed by atoms with van der Waals surface area (Å²) in [5, 5.41) is 2.93. The van der Waals surface area contributed by atoms with Crippen molar-refractivity contribution in [3.8, 4) is 0 Å². The van der Waals surface area contributed by atoms with Gasteiger partial charge in [-0.05, 0) is 42.2 Å². The second-order valence-corrected chi connectivity index (χ2v) is 5.24. The number of nitrogens with one attached hydrogen (secondary N) is 1. The smallest absolute Gasteiger partial charge is 0.251 e. The fraction of sp³-hybridized carbons (Fsp3) is 0.417. The third-order valence-electron chi connectivity index (χ3n) is 2.19. The predicted molar refractivity (Wildman–Crippen MR) is 73.6 cm³/mol. The van der Waals surface area contributed by atoms with Crippen molar-refractivity contribution >= 4 is 30.3 Å². The molecule has 0 saturated carbocycles. The topological polar surface area (TPSA) is 29.1 Å². The fourth-order valence-corrected chi connectivity index (χ4v) is 2.16. The fourth-order valence-electron chi connectivity index (χ4n) is 1.33. The molecule has 0 saturated heterocycles. The van der Waals surface area contributed by atoms with E-state index in [9.17, 15) is 4.79 Å². The molecule has 1 atom stereocenters. The molecule has 1 aromatic carbocycles. The number of thioether (sulfide) groups is 1. The van der Waals surface area contributed by atoms with Gasteiger partial charge in [-0.1, -0.05) is 6.92 Å². The molecule has 1 unspecified atom stereocenters. The van der Waals surface area contributed by atoms with Crippen LogP contribution in [0.25, 0.3) is 0 Å². The zero-order valence-electron chi connectivity index (χ0n) is 9.56. The maximum atomic E-state index is 11.7. The zero-order valence-corrected chi connectivity index (χ0v) is 11.3. The lowest BCUT2D eigenvalue weighted by Gasteiger charge is -2.11. The molecule has 88 valence electrons. The van der Waals surface area contributed by atoms with E-state index in [-0.39, 0.29) is 5.91 Å². The number of benzene rings is 1. The lowest BCUT2D eigenvalue weighted by molar-refractivity contribution is 0.0949. The van der Waals surface area contributed by atoms with Crippen LogP contribution in [0.4, 0.5) is 0 Å². The van der Waals surface area contributed by atoms with Crippen LogP contribution < -0.4 is 5.32 Å². The Bertz CT molecular complexity index is 337. The Morgan fingerprint density at radius 1 is 1.44 bits per heavy atom. The van der Waals surface area contributed by atoms with Crippen LogP contribution in [0.5, 0.6) is 0 Å². The van der Waals surface area contributed by atoms with Gasteiger partial charge < -0.3 is 5.32 Å². The van der Waals surface area contributed by atoms with Gasteiger partial charge in [0.25, 0.3) is 5.91 Å². The van der Waals surface area contributed by atoms with Crippen molar-refractivity contribution in [1.82, 2.24) is 5.32 Å². The van der Waals surface area contributed by atoms with E-state index in [1.165, 1.54) is 0 Å². The van der Waals surface area contributed by atoms with Crippen LogP contribution in [-0.4, -0.2) is 24.5 Å². The summed E-state index contributed by atoms with van der Waals surface area (Å²) in [5.41, 5.74) is 0.689. The quantitative estimate of drug-likeness (QED) is 0.792. The Labute approximate surface area is 107 Å². The number of amides is 1. The van der Waals surface area contributed by atoms with Gasteiger partial charge in [0.1, 0.15) is 0 Å². The van der Waals surface area contributed by atoms with Crippen molar-refractivity contribution in [1.29, 1.82) is 0 Å². The van der Waals surface area contributed by atoms with Crippen LogP contribution in [0, 0.1) is 5.92 Å². The van der Waals surface area contributed by atoms with Crippen molar-refractivity contribution in [2.24, 2.45) is 5.92 Å². The molecule has 0 radical (unpaired) electrons. The molecule has 0 fully saturated rings. The first-order valence-corrected chi connectivity index (χ1v) is 7.03. The van der Waals surface area contributed by atoms with Crippen LogP contribution in [0.2, 0.25) is 0 Å². The van der Waals surface area contributed by atoms with Crippen molar-refractivity contribution in [3.63, 3.8) is 0 Å². The average molecular weight is 255 g/mol. The molecule has 0 bridgehead atoms. The van der Waals surface area contributed by atoms with Crippen molar-refractivity contribution in [3.05, 3.63) is 29.8 Å². The minimum atomic E-state index is -0.0127. The van der Waals surface area contributed by atoms with Crippen LogP contribution in [0.1, 0.15) is 17.3 Å². The summed E-state index contributed by atoms with van der Waals surface area (Å²) in [6.45, 7) is 2.86. The van der Waals surface area contributed by atoms with Gasteiger partial charge in [-0.2, -0.15) is 11.8 Å². The maximum absolute atomic E-state index is 11.7. The standard InChI is InChI=1S/C12H17NOS2/c1-9(8-16-2)7-13-12(14)10-3-5-11(15)6-4-10/h3-6,9,15H,7-8H2,1-2H3,(H,13,14). The molecule has 1 rings (SSSR count). The molecule has 0 aliphatic carbocycles. The SMILES string of the molecule is CSCC(C)CNC(=O)c1ccc(S)cc1. The van der Waals surface area contributed by atoms with Crippen LogP contribution in [0.3, 0.4) is 0 Å². The Kier molecular flexibility index (Phi) is 5.77. The summed E-state index contributed by atoms with van der Waals surface area (Å²) in [7, 11) is 0. The molecular weight excluding hydrogens is 238 g/mol. The Balaban J connectivity index is 2.43. The van der Waals surface area contributed by atoms with Gasteiger partial charge in [-0.25, -0.2) is 0 Å². The highest BCUT2D eigenvalue weighted by Crippen LogP contribution is 2.08. The van der Waals surface area contributed by atoms with Crippen molar-refractivity contribution < 1.29 is 4.79 Å². The second-order valence-electron chi connectivity index (χ2n) is 3.82. The largest absolute Gasteiger partial charge is 0.352 e. The molecule has 2 nitrogen and oxygen atoms in total. The molecule has 16 heavy (non-hydrogen) atoms. The number of thiol groups is 1. The third kappa shape index (κ3) is 4.49. The van der Waals surface area contributed by atoms with Crippen molar-refractivity contribution in [2.45, 2.75) is 11.8 Å². The summed E-state index contributed by atoms with van der Waals surface area (Å²) in [4.78, 5) is 12.6. The molecule has 1 aromatic rings. The second kappa shape index (κ2) is 6.86.